The van der Waals surface area contributed by atoms with Gasteiger partial charge in [0.05, 0.1) is 39.0 Å². The Labute approximate surface area is 285 Å². The number of para-hydroxylation sites is 1. The molecule has 6 N–H and O–H groups in total. The molecule has 2 aliphatic heterocycles. The van der Waals surface area contributed by atoms with Gasteiger partial charge >= 0.3 is 6.03 Å². The normalized spacial score (nSPS) is 18.3. The van der Waals surface area contributed by atoms with Gasteiger partial charge in [-0.1, -0.05) is 58.8 Å². The average molecular weight is 698 g/mol. The molecule has 2 fully saturated rings. The second kappa shape index (κ2) is 13.1. The Morgan fingerprint density at radius 3 is 2.60 bits per heavy atom. The average Bonchev–Trinajstić information content (AvgIpc) is 3.56. The Hall–Kier alpha value is -4.30. The van der Waals surface area contributed by atoms with Gasteiger partial charge in [0, 0.05) is 25.6 Å². The summed E-state index contributed by atoms with van der Waals surface area (Å²) in [5, 5.41) is 17.4. The first-order valence-corrected chi connectivity index (χ1v) is 16.6. The molecule has 0 saturated carbocycles. The van der Waals surface area contributed by atoms with Crippen LogP contribution in [0.5, 0.6) is 5.75 Å². The zero-order chi connectivity index (χ0) is 33.6. The number of aromatic nitrogens is 1. The lowest BCUT2D eigenvalue weighted by Gasteiger charge is -2.47. The lowest BCUT2D eigenvalue weighted by Crippen LogP contribution is -2.66. The monoisotopic (exact) mass is 696 g/mol. The van der Waals surface area contributed by atoms with Gasteiger partial charge in [-0.15, -0.1) is 0 Å². The van der Waals surface area contributed by atoms with E-state index in [1.54, 1.807) is 45.1 Å². The number of benzene rings is 3. The lowest BCUT2D eigenvalue weighted by molar-refractivity contribution is -0.158. The summed E-state index contributed by atoms with van der Waals surface area (Å²) in [5.41, 5.74) is 15.1. The van der Waals surface area contributed by atoms with E-state index in [-0.39, 0.29) is 61.9 Å². The van der Waals surface area contributed by atoms with Crippen LogP contribution in [-0.2, 0) is 29.1 Å². The summed E-state index contributed by atoms with van der Waals surface area (Å²) in [6.45, 7) is 4.19. The number of nitrogen functional groups attached to an aromatic ring is 2. The molecule has 2 atom stereocenters. The minimum absolute atomic E-state index is 0.0678. The first kappa shape index (κ1) is 32.6. The molecule has 0 radical (unpaired) electrons. The second-order valence-electron chi connectivity index (χ2n) is 11.9. The van der Waals surface area contributed by atoms with E-state index in [9.17, 15) is 19.5 Å². The summed E-state index contributed by atoms with van der Waals surface area (Å²) in [6.07, 6.45) is -0.480. The molecule has 3 aromatic carbocycles. The van der Waals surface area contributed by atoms with Gasteiger partial charge in [-0.3, -0.25) is 14.6 Å². The van der Waals surface area contributed by atoms with Crippen LogP contribution in [-0.4, -0.2) is 79.1 Å². The van der Waals surface area contributed by atoms with Crippen LogP contribution in [0, 0.1) is 0 Å². The smallest absolute Gasteiger partial charge is 0.332 e. The van der Waals surface area contributed by atoms with Crippen LogP contribution < -0.4 is 16.8 Å². The number of urea groups is 1. The fraction of sp³-hybridized carbons (Fsp3) is 0.312. The van der Waals surface area contributed by atoms with Crippen molar-refractivity contribution in [2.45, 2.75) is 51.6 Å². The Morgan fingerprint density at radius 1 is 1.11 bits per heavy atom. The second-order valence-corrected chi connectivity index (χ2v) is 13.7. The number of nitrogens with zero attached hydrogens (tertiary/aromatic N) is 5. The van der Waals surface area contributed by atoms with Crippen molar-refractivity contribution in [1.82, 2.24) is 30.1 Å². The van der Waals surface area contributed by atoms with Gasteiger partial charge in [0.1, 0.15) is 18.0 Å². The van der Waals surface area contributed by atoms with Crippen LogP contribution in [0.4, 0.5) is 15.6 Å². The maximum absolute atomic E-state index is 14.2. The number of fused-ring (bicyclic) bond motifs is 2. The Balaban J connectivity index is 1.32. The fourth-order valence-corrected chi connectivity index (χ4v) is 7.33. The van der Waals surface area contributed by atoms with E-state index in [0.717, 1.165) is 21.3 Å². The molecule has 4 amide bonds. The molecule has 0 unspecified atom stereocenters. The highest BCUT2D eigenvalue weighted by atomic mass is 35.5. The molecule has 1 aromatic heterocycles. The molecular weight excluding hydrogens is 663 g/mol. The van der Waals surface area contributed by atoms with Gasteiger partial charge in [0.15, 0.2) is 5.13 Å². The highest BCUT2D eigenvalue weighted by Gasteiger charge is 2.52. The van der Waals surface area contributed by atoms with Gasteiger partial charge in [0.2, 0.25) is 11.8 Å². The molecule has 4 aromatic rings. The number of carbonyl (C=O) groups excluding carboxylic acids is 3. The van der Waals surface area contributed by atoms with Crippen molar-refractivity contribution in [2.24, 2.45) is 0 Å². The van der Waals surface area contributed by atoms with Crippen LogP contribution in [0.2, 0.25) is 10.0 Å². The zero-order valence-electron chi connectivity index (χ0n) is 25.7. The standard InChI is InChI=1S/C32H34Cl2N8O4S/c1-17(2)42(32(46)37-13-19-6-8-21(33)22(34)10-19)40-16-28(44)41-24(12-18-7-9-25(43)23(35)11-18)30(45)39(15-27(40)41)14-20-4-3-5-26-29(20)38-31(36)47-26/h3-11,17,24,27,43H,12-16,35H2,1-2H3,(H2,36,38)(H,37,46)/t24-,27+/m0/s1. The number of phenolic OH excluding ortho intramolecular Hbond substituents is 1. The topological polar surface area (TPSA) is 161 Å². The third-order valence-corrected chi connectivity index (χ3v) is 9.96. The highest BCUT2D eigenvalue weighted by molar-refractivity contribution is 7.22. The Bertz CT molecular complexity index is 1870. The molecule has 15 heteroatoms. The summed E-state index contributed by atoms with van der Waals surface area (Å²) in [5.74, 6) is -0.595. The fourth-order valence-electron chi connectivity index (χ4n) is 6.23. The largest absolute Gasteiger partial charge is 0.506 e. The van der Waals surface area contributed by atoms with E-state index in [0.29, 0.717) is 20.7 Å². The zero-order valence-corrected chi connectivity index (χ0v) is 28.0. The van der Waals surface area contributed by atoms with Crippen molar-refractivity contribution in [3.05, 3.63) is 81.3 Å². The van der Waals surface area contributed by atoms with Crippen molar-refractivity contribution in [3.8, 4) is 5.75 Å². The number of rotatable bonds is 8. The summed E-state index contributed by atoms with van der Waals surface area (Å²) in [7, 11) is 0. The number of phenols is 1. The SMILES string of the molecule is CC(C)N(C(=O)NCc1ccc(Cl)c(Cl)c1)N1CC(=O)N2[C@@H](Cc3ccc(O)c(N)c3)C(=O)N(Cc3cccc4sc(N)nc34)C[C@@H]21. The molecule has 47 heavy (non-hydrogen) atoms. The van der Waals surface area contributed by atoms with Crippen molar-refractivity contribution >= 4 is 73.4 Å². The molecule has 246 valence electrons. The highest BCUT2D eigenvalue weighted by Crippen LogP contribution is 2.33. The predicted octanol–water partition coefficient (Wildman–Crippen LogP) is 4.43. The minimum atomic E-state index is -0.886. The predicted molar refractivity (Wildman–Crippen MR) is 182 cm³/mol. The van der Waals surface area contributed by atoms with Crippen LogP contribution in [0.15, 0.2) is 54.6 Å². The summed E-state index contributed by atoms with van der Waals surface area (Å²) < 4.78 is 0.907. The number of amides is 4. The summed E-state index contributed by atoms with van der Waals surface area (Å²) in [4.78, 5) is 49.6. The maximum atomic E-state index is 14.2. The van der Waals surface area contributed by atoms with E-state index in [4.69, 9.17) is 34.7 Å². The molecule has 2 saturated heterocycles. The number of hydrazine groups is 1. The number of aromatic hydroxyl groups is 1. The number of hydrogen-bond donors (Lipinski definition) is 4. The number of carbonyl (C=O) groups is 3. The third-order valence-electron chi connectivity index (χ3n) is 8.37. The number of anilines is 2. The minimum Gasteiger partial charge on any atom is -0.506 e. The van der Waals surface area contributed by atoms with Gasteiger partial charge in [0.25, 0.3) is 0 Å². The van der Waals surface area contributed by atoms with E-state index >= 15 is 0 Å². The van der Waals surface area contributed by atoms with Gasteiger partial charge in [-0.25, -0.2) is 9.78 Å². The molecule has 2 aliphatic rings. The Kier molecular flexibility index (Phi) is 9.07. The van der Waals surface area contributed by atoms with Gasteiger partial charge in [-0.2, -0.15) is 5.01 Å². The van der Waals surface area contributed by atoms with Gasteiger partial charge in [-0.05, 0) is 60.9 Å². The first-order valence-electron chi connectivity index (χ1n) is 15.0. The number of piperazine rings is 1. The van der Waals surface area contributed by atoms with Crippen molar-refractivity contribution in [2.75, 3.05) is 24.6 Å². The van der Waals surface area contributed by atoms with Gasteiger partial charge < -0.3 is 31.7 Å². The number of thiazole rings is 1. The van der Waals surface area contributed by atoms with E-state index in [1.165, 1.54) is 22.4 Å². The lowest BCUT2D eigenvalue weighted by atomic mass is 9.99. The number of nitrogens with two attached hydrogens (primary N) is 2. The van der Waals surface area contributed by atoms with E-state index in [1.807, 2.05) is 32.0 Å². The van der Waals surface area contributed by atoms with Crippen molar-refractivity contribution in [1.29, 1.82) is 0 Å². The molecule has 3 heterocycles. The van der Waals surface area contributed by atoms with E-state index < -0.39 is 18.2 Å². The number of halogens is 2. The molecule has 6 rings (SSSR count). The molecule has 0 bridgehead atoms. The first-order chi connectivity index (χ1) is 22.4. The summed E-state index contributed by atoms with van der Waals surface area (Å²) in [6, 6.07) is 14.0. The van der Waals surface area contributed by atoms with Crippen molar-refractivity contribution in [3.63, 3.8) is 0 Å². The van der Waals surface area contributed by atoms with Crippen LogP contribution in [0.1, 0.15) is 30.5 Å². The number of nitrogens with one attached hydrogen (secondary N) is 1. The molecular formula is C32H34Cl2N8O4S. The van der Waals surface area contributed by atoms with Crippen LogP contribution in [0.25, 0.3) is 10.2 Å². The maximum Gasteiger partial charge on any atom is 0.332 e. The van der Waals surface area contributed by atoms with Crippen LogP contribution >= 0.6 is 34.5 Å². The van der Waals surface area contributed by atoms with E-state index in [2.05, 4.69) is 10.3 Å². The molecule has 0 aliphatic carbocycles. The Morgan fingerprint density at radius 2 is 1.87 bits per heavy atom. The quantitative estimate of drug-likeness (QED) is 0.155. The van der Waals surface area contributed by atoms with Crippen LogP contribution in [0.3, 0.4) is 0 Å². The molecule has 12 nitrogen and oxygen atoms in total. The molecule has 0 spiro atoms. The third kappa shape index (κ3) is 6.48. The summed E-state index contributed by atoms with van der Waals surface area (Å²) >= 11 is 13.6. The van der Waals surface area contributed by atoms with Crippen molar-refractivity contribution < 1.29 is 19.5 Å². The number of hydrogen-bond acceptors (Lipinski definition) is 9.